The Kier molecular flexibility index (Phi) is 2.61. The molecule has 2 bridgehead atoms. The Morgan fingerprint density at radius 2 is 2.39 bits per heavy atom. The highest BCUT2D eigenvalue weighted by Gasteiger charge is 2.39. The van der Waals surface area contributed by atoms with E-state index in [2.05, 4.69) is 15.0 Å². The summed E-state index contributed by atoms with van der Waals surface area (Å²) < 4.78 is 0. The molecule has 1 saturated carbocycles. The molecule has 0 amide bonds. The molecule has 5 heteroatoms. The zero-order valence-corrected chi connectivity index (χ0v) is 10.5. The Balaban J connectivity index is 2.04. The van der Waals surface area contributed by atoms with Crippen molar-refractivity contribution in [2.45, 2.75) is 32.2 Å². The second-order valence-corrected chi connectivity index (χ2v) is 5.30. The molecule has 18 heavy (non-hydrogen) atoms. The molecule has 2 heterocycles. The lowest BCUT2D eigenvalue weighted by Crippen LogP contribution is -2.35. The van der Waals surface area contributed by atoms with Crippen LogP contribution in [-0.4, -0.2) is 28.6 Å². The average molecular weight is 246 g/mol. The summed E-state index contributed by atoms with van der Waals surface area (Å²) in [5.74, 6) is 1.81. The predicted molar refractivity (Wildman–Crippen MR) is 70.0 cm³/mol. The number of nitrogens with two attached hydrogens (primary N) is 1. The molecule has 96 valence electrons. The molecule has 2 aliphatic rings. The highest BCUT2D eigenvalue weighted by Crippen LogP contribution is 2.40. The van der Waals surface area contributed by atoms with E-state index in [0.717, 1.165) is 29.4 Å². The van der Waals surface area contributed by atoms with Crippen LogP contribution in [-0.2, 0) is 0 Å². The number of rotatable bonds is 2. The first-order valence-electron chi connectivity index (χ1n) is 6.41. The summed E-state index contributed by atoms with van der Waals surface area (Å²) in [7, 11) is 0. The molecule has 1 saturated heterocycles. The number of nitrogens with zero attached hydrogens (tertiary/aromatic N) is 3. The molecule has 2 fully saturated rings. The van der Waals surface area contributed by atoms with Gasteiger partial charge in [0.25, 0.3) is 0 Å². The summed E-state index contributed by atoms with van der Waals surface area (Å²) in [6.07, 6.45) is 5.61. The number of piperidine rings is 1. The molecule has 2 atom stereocenters. The van der Waals surface area contributed by atoms with Crippen LogP contribution in [0, 0.1) is 12.8 Å². The second kappa shape index (κ2) is 4.15. The molecule has 3 rings (SSSR count). The van der Waals surface area contributed by atoms with E-state index in [1.807, 2.05) is 13.0 Å². The van der Waals surface area contributed by atoms with Gasteiger partial charge in [-0.1, -0.05) is 5.16 Å². The molecule has 2 unspecified atom stereocenters. The van der Waals surface area contributed by atoms with Gasteiger partial charge in [0.2, 0.25) is 0 Å². The summed E-state index contributed by atoms with van der Waals surface area (Å²) in [6.45, 7) is 3.01. The van der Waals surface area contributed by atoms with Crippen molar-refractivity contribution >= 4 is 11.7 Å². The number of aromatic nitrogens is 1. The number of hydrogen-bond acceptors (Lipinski definition) is 4. The minimum atomic E-state index is 0.151. The fourth-order valence-corrected chi connectivity index (χ4v) is 3.31. The van der Waals surface area contributed by atoms with E-state index < -0.39 is 0 Å². The molecule has 5 nitrogen and oxygen atoms in total. The van der Waals surface area contributed by atoms with Crippen LogP contribution in [0.4, 0.5) is 5.82 Å². The van der Waals surface area contributed by atoms with Gasteiger partial charge in [-0.05, 0) is 43.7 Å². The lowest BCUT2D eigenvalue weighted by atomic mass is 10.1. The summed E-state index contributed by atoms with van der Waals surface area (Å²) in [4.78, 5) is 6.79. The summed E-state index contributed by atoms with van der Waals surface area (Å²) >= 11 is 0. The van der Waals surface area contributed by atoms with Gasteiger partial charge in [-0.25, -0.2) is 4.98 Å². The van der Waals surface area contributed by atoms with E-state index in [-0.39, 0.29) is 5.84 Å². The molecule has 1 aliphatic carbocycles. The fourth-order valence-electron chi connectivity index (χ4n) is 3.31. The normalized spacial score (nSPS) is 26.9. The number of anilines is 1. The Hall–Kier alpha value is -1.78. The molecule has 1 aromatic heterocycles. The van der Waals surface area contributed by atoms with Gasteiger partial charge < -0.3 is 15.8 Å². The third-order valence-corrected chi connectivity index (χ3v) is 4.18. The largest absolute Gasteiger partial charge is 0.409 e. The van der Waals surface area contributed by atoms with Crippen molar-refractivity contribution in [2.75, 3.05) is 11.4 Å². The van der Waals surface area contributed by atoms with E-state index in [1.54, 1.807) is 6.20 Å². The third kappa shape index (κ3) is 1.62. The number of aryl methyl sites for hydroxylation is 1. The molecule has 0 aromatic carbocycles. The maximum Gasteiger partial charge on any atom is 0.174 e. The van der Waals surface area contributed by atoms with Crippen LogP contribution < -0.4 is 10.6 Å². The molecular formula is C13H18N4O. The van der Waals surface area contributed by atoms with Crippen molar-refractivity contribution in [3.8, 4) is 0 Å². The lowest BCUT2D eigenvalue weighted by Gasteiger charge is -2.30. The van der Waals surface area contributed by atoms with E-state index in [0.29, 0.717) is 6.04 Å². The topological polar surface area (TPSA) is 74.7 Å². The minimum absolute atomic E-state index is 0.151. The SMILES string of the molecule is Cc1ccnc(N2CC3CCC2C3)c1/C(N)=N/O. The number of fused-ring (bicyclic) bond motifs is 2. The van der Waals surface area contributed by atoms with Crippen LogP contribution in [0.1, 0.15) is 30.4 Å². The Morgan fingerprint density at radius 1 is 1.56 bits per heavy atom. The lowest BCUT2D eigenvalue weighted by molar-refractivity contribution is 0.318. The maximum absolute atomic E-state index is 8.93. The molecule has 0 spiro atoms. The average Bonchev–Trinajstić information content (AvgIpc) is 2.99. The van der Waals surface area contributed by atoms with Crippen molar-refractivity contribution < 1.29 is 5.21 Å². The van der Waals surface area contributed by atoms with Gasteiger partial charge in [0.1, 0.15) is 5.82 Å². The van der Waals surface area contributed by atoms with Gasteiger partial charge >= 0.3 is 0 Å². The van der Waals surface area contributed by atoms with Crippen molar-refractivity contribution in [3.05, 3.63) is 23.4 Å². The van der Waals surface area contributed by atoms with Crippen LogP contribution in [0.3, 0.4) is 0 Å². The zero-order valence-electron chi connectivity index (χ0n) is 10.5. The second-order valence-electron chi connectivity index (χ2n) is 5.30. The first-order chi connectivity index (χ1) is 8.70. The first-order valence-corrected chi connectivity index (χ1v) is 6.41. The number of hydrogen-bond donors (Lipinski definition) is 2. The summed E-state index contributed by atoms with van der Waals surface area (Å²) in [5.41, 5.74) is 7.56. The molecule has 3 N–H and O–H groups in total. The highest BCUT2D eigenvalue weighted by molar-refractivity contribution is 6.02. The fraction of sp³-hybridized carbons (Fsp3) is 0.538. The van der Waals surface area contributed by atoms with E-state index in [1.165, 1.54) is 19.3 Å². The third-order valence-electron chi connectivity index (χ3n) is 4.18. The Bertz CT molecular complexity index is 500. The minimum Gasteiger partial charge on any atom is -0.409 e. The zero-order chi connectivity index (χ0) is 12.7. The van der Waals surface area contributed by atoms with E-state index in [9.17, 15) is 0 Å². The Morgan fingerprint density at radius 3 is 3.00 bits per heavy atom. The molecule has 1 aliphatic heterocycles. The van der Waals surface area contributed by atoms with E-state index in [4.69, 9.17) is 10.9 Å². The maximum atomic E-state index is 8.93. The highest BCUT2D eigenvalue weighted by atomic mass is 16.4. The number of oxime groups is 1. The monoisotopic (exact) mass is 246 g/mol. The molecule has 1 aromatic rings. The standard InChI is InChI=1S/C13H18N4O/c1-8-4-5-15-13(11(8)12(14)16-18)17-7-9-2-3-10(17)6-9/h4-5,9-10,18H,2-3,6-7H2,1H3,(H2,14,16). The van der Waals surface area contributed by atoms with Crippen molar-refractivity contribution in [1.82, 2.24) is 4.98 Å². The molecule has 0 radical (unpaired) electrons. The van der Waals surface area contributed by atoms with Gasteiger partial charge in [-0.2, -0.15) is 0 Å². The van der Waals surface area contributed by atoms with Gasteiger partial charge in [-0.3, -0.25) is 0 Å². The van der Waals surface area contributed by atoms with Crippen molar-refractivity contribution in [3.63, 3.8) is 0 Å². The van der Waals surface area contributed by atoms with E-state index >= 15 is 0 Å². The van der Waals surface area contributed by atoms with Crippen LogP contribution >= 0.6 is 0 Å². The quantitative estimate of drug-likeness (QED) is 0.359. The van der Waals surface area contributed by atoms with Gasteiger partial charge in [-0.15, -0.1) is 0 Å². The number of amidine groups is 1. The van der Waals surface area contributed by atoms with Gasteiger partial charge in [0.15, 0.2) is 5.84 Å². The van der Waals surface area contributed by atoms with Crippen LogP contribution in [0.25, 0.3) is 0 Å². The van der Waals surface area contributed by atoms with Crippen LogP contribution in [0.15, 0.2) is 17.4 Å². The van der Waals surface area contributed by atoms with Crippen molar-refractivity contribution in [2.24, 2.45) is 16.8 Å². The summed E-state index contributed by atoms with van der Waals surface area (Å²) in [6, 6.07) is 2.47. The molecular weight excluding hydrogens is 228 g/mol. The van der Waals surface area contributed by atoms with Gasteiger partial charge in [0, 0.05) is 18.8 Å². The first kappa shape index (κ1) is 11.3. The van der Waals surface area contributed by atoms with Gasteiger partial charge in [0.05, 0.1) is 5.56 Å². The summed E-state index contributed by atoms with van der Waals surface area (Å²) in [5, 5.41) is 12.1. The Labute approximate surface area is 106 Å². The van der Waals surface area contributed by atoms with Crippen molar-refractivity contribution in [1.29, 1.82) is 0 Å². The predicted octanol–water partition coefficient (Wildman–Crippen LogP) is 1.47. The smallest absolute Gasteiger partial charge is 0.174 e. The van der Waals surface area contributed by atoms with Crippen LogP contribution in [0.2, 0.25) is 0 Å². The number of pyridine rings is 1. The van der Waals surface area contributed by atoms with Crippen LogP contribution in [0.5, 0.6) is 0 Å².